The summed E-state index contributed by atoms with van der Waals surface area (Å²) in [6, 6.07) is 15.8. The first-order valence-corrected chi connectivity index (χ1v) is 8.65. The van der Waals surface area contributed by atoms with E-state index >= 15 is 0 Å². The summed E-state index contributed by atoms with van der Waals surface area (Å²) in [5.41, 5.74) is 1.71. The molecule has 0 aliphatic heterocycles. The largest absolute Gasteiger partial charge is 0.484 e. The summed E-state index contributed by atoms with van der Waals surface area (Å²) in [7, 11) is 0. The molecule has 1 aromatic heterocycles. The molecule has 132 valence electrons. The normalized spacial score (nSPS) is 10.4. The van der Waals surface area contributed by atoms with E-state index in [0.717, 1.165) is 4.47 Å². The fourth-order valence-electron chi connectivity index (χ4n) is 2.34. The van der Waals surface area contributed by atoms with Crippen molar-refractivity contribution in [1.82, 2.24) is 9.97 Å². The molecule has 26 heavy (non-hydrogen) atoms. The van der Waals surface area contributed by atoms with Gasteiger partial charge in [0.05, 0.1) is 0 Å². The second-order valence-electron chi connectivity index (χ2n) is 5.61. The van der Waals surface area contributed by atoms with Gasteiger partial charge in [-0.05, 0) is 43.3 Å². The lowest BCUT2D eigenvalue weighted by Crippen LogP contribution is -2.20. The molecule has 0 bridgehead atoms. The standard InChI is InChI=1S/C19H16BrN3O3/c1-12-9-17(24)23-19(21-12)13-3-2-4-15(10-13)22-18(25)11-26-16-7-5-14(20)6-8-16/h2-10H,11H2,1H3,(H,22,25)(H,21,23,24). The summed E-state index contributed by atoms with van der Waals surface area (Å²) in [5.74, 6) is 0.784. The number of nitrogens with zero attached hydrogens (tertiary/aromatic N) is 1. The maximum atomic E-state index is 12.1. The lowest BCUT2D eigenvalue weighted by molar-refractivity contribution is -0.118. The highest BCUT2D eigenvalue weighted by Gasteiger charge is 2.07. The van der Waals surface area contributed by atoms with Crippen molar-refractivity contribution < 1.29 is 9.53 Å². The number of hydrogen-bond donors (Lipinski definition) is 2. The van der Waals surface area contributed by atoms with Crippen LogP contribution in [-0.4, -0.2) is 22.5 Å². The molecule has 0 saturated heterocycles. The van der Waals surface area contributed by atoms with Crippen LogP contribution in [-0.2, 0) is 4.79 Å². The number of carbonyl (C=O) groups excluding carboxylic acids is 1. The van der Waals surface area contributed by atoms with Gasteiger partial charge in [0, 0.05) is 27.5 Å². The first-order valence-electron chi connectivity index (χ1n) is 7.86. The minimum atomic E-state index is -0.282. The number of benzene rings is 2. The van der Waals surface area contributed by atoms with Crippen molar-refractivity contribution in [2.24, 2.45) is 0 Å². The summed E-state index contributed by atoms with van der Waals surface area (Å²) >= 11 is 3.34. The van der Waals surface area contributed by atoms with Crippen molar-refractivity contribution in [2.75, 3.05) is 11.9 Å². The van der Waals surface area contributed by atoms with Crippen molar-refractivity contribution in [2.45, 2.75) is 6.92 Å². The lowest BCUT2D eigenvalue weighted by Gasteiger charge is -2.09. The van der Waals surface area contributed by atoms with Gasteiger partial charge in [0.2, 0.25) is 0 Å². The monoisotopic (exact) mass is 413 g/mol. The zero-order chi connectivity index (χ0) is 18.5. The van der Waals surface area contributed by atoms with E-state index in [0.29, 0.717) is 28.5 Å². The molecule has 0 spiro atoms. The minimum Gasteiger partial charge on any atom is -0.484 e. The molecule has 0 aliphatic rings. The third-order valence-corrected chi connectivity index (χ3v) is 4.00. The summed E-state index contributed by atoms with van der Waals surface area (Å²) in [6.45, 7) is 1.65. The molecule has 1 heterocycles. The first kappa shape index (κ1) is 17.9. The van der Waals surface area contributed by atoms with E-state index in [9.17, 15) is 9.59 Å². The maximum absolute atomic E-state index is 12.1. The van der Waals surface area contributed by atoms with Gasteiger partial charge in [0.25, 0.3) is 11.5 Å². The van der Waals surface area contributed by atoms with E-state index in [1.165, 1.54) is 6.07 Å². The number of anilines is 1. The van der Waals surface area contributed by atoms with Gasteiger partial charge in [0.15, 0.2) is 6.61 Å². The molecule has 3 aromatic rings. The quantitative estimate of drug-likeness (QED) is 0.669. The van der Waals surface area contributed by atoms with E-state index < -0.39 is 0 Å². The highest BCUT2D eigenvalue weighted by molar-refractivity contribution is 9.10. The topological polar surface area (TPSA) is 84.1 Å². The Bertz CT molecular complexity index is 984. The molecular formula is C19H16BrN3O3. The third-order valence-electron chi connectivity index (χ3n) is 3.47. The van der Waals surface area contributed by atoms with Crippen LogP contribution in [0.25, 0.3) is 11.4 Å². The van der Waals surface area contributed by atoms with Gasteiger partial charge in [0.1, 0.15) is 11.6 Å². The number of aryl methyl sites for hydroxylation is 1. The second-order valence-corrected chi connectivity index (χ2v) is 6.52. The van der Waals surface area contributed by atoms with Crippen LogP contribution in [0.4, 0.5) is 5.69 Å². The van der Waals surface area contributed by atoms with Crippen LogP contribution >= 0.6 is 15.9 Å². The SMILES string of the molecule is Cc1cc(=O)[nH]c(-c2cccc(NC(=O)COc3ccc(Br)cc3)c2)n1. The molecule has 0 unspecified atom stereocenters. The van der Waals surface area contributed by atoms with Crippen LogP contribution in [0.5, 0.6) is 5.75 Å². The molecule has 1 amide bonds. The van der Waals surface area contributed by atoms with Gasteiger partial charge in [-0.15, -0.1) is 0 Å². The van der Waals surface area contributed by atoms with Gasteiger partial charge in [-0.1, -0.05) is 28.1 Å². The van der Waals surface area contributed by atoms with Crippen molar-refractivity contribution >= 4 is 27.5 Å². The summed E-state index contributed by atoms with van der Waals surface area (Å²) in [6.07, 6.45) is 0. The molecule has 0 saturated carbocycles. The molecule has 2 N–H and O–H groups in total. The molecule has 0 fully saturated rings. The Morgan fingerprint density at radius 1 is 1.19 bits per heavy atom. The van der Waals surface area contributed by atoms with Gasteiger partial charge < -0.3 is 15.0 Å². The zero-order valence-corrected chi connectivity index (χ0v) is 15.5. The van der Waals surface area contributed by atoms with Crippen molar-refractivity contribution in [3.8, 4) is 17.1 Å². The average molecular weight is 414 g/mol. The van der Waals surface area contributed by atoms with Crippen molar-refractivity contribution in [3.05, 3.63) is 75.1 Å². The van der Waals surface area contributed by atoms with Gasteiger partial charge >= 0.3 is 0 Å². The first-order chi connectivity index (χ1) is 12.5. The van der Waals surface area contributed by atoms with E-state index in [2.05, 4.69) is 31.2 Å². The Hall–Kier alpha value is -2.93. The number of hydrogen-bond acceptors (Lipinski definition) is 4. The number of nitrogens with one attached hydrogen (secondary N) is 2. The molecule has 0 atom stereocenters. The lowest BCUT2D eigenvalue weighted by atomic mass is 10.2. The summed E-state index contributed by atoms with van der Waals surface area (Å²) in [4.78, 5) is 30.7. The smallest absolute Gasteiger partial charge is 0.262 e. The molecular weight excluding hydrogens is 398 g/mol. The number of halogens is 1. The average Bonchev–Trinajstić information content (AvgIpc) is 2.61. The third kappa shape index (κ3) is 4.80. The molecule has 7 heteroatoms. The van der Waals surface area contributed by atoms with E-state index in [1.54, 1.807) is 37.3 Å². The Morgan fingerprint density at radius 3 is 2.69 bits per heavy atom. The molecule has 6 nitrogen and oxygen atoms in total. The maximum Gasteiger partial charge on any atom is 0.262 e. The van der Waals surface area contributed by atoms with Crippen LogP contribution in [0.2, 0.25) is 0 Å². The van der Waals surface area contributed by atoms with Gasteiger partial charge in [-0.3, -0.25) is 9.59 Å². The summed E-state index contributed by atoms with van der Waals surface area (Å²) in [5, 5.41) is 2.77. The van der Waals surface area contributed by atoms with Crippen LogP contribution in [0, 0.1) is 6.92 Å². The van der Waals surface area contributed by atoms with Crippen LogP contribution < -0.4 is 15.6 Å². The fraction of sp³-hybridized carbons (Fsp3) is 0.105. The highest BCUT2D eigenvalue weighted by Crippen LogP contribution is 2.19. The number of aromatic nitrogens is 2. The minimum absolute atomic E-state index is 0.106. The fourth-order valence-corrected chi connectivity index (χ4v) is 2.60. The molecule has 2 aromatic carbocycles. The van der Waals surface area contributed by atoms with Gasteiger partial charge in [-0.25, -0.2) is 4.98 Å². The van der Waals surface area contributed by atoms with Crippen molar-refractivity contribution in [3.63, 3.8) is 0 Å². The van der Waals surface area contributed by atoms with E-state index in [4.69, 9.17) is 4.74 Å². The highest BCUT2D eigenvalue weighted by atomic mass is 79.9. The predicted octanol–water partition coefficient (Wildman–Crippen LogP) is 3.53. The van der Waals surface area contributed by atoms with Gasteiger partial charge in [-0.2, -0.15) is 0 Å². The number of rotatable bonds is 5. The number of carbonyl (C=O) groups is 1. The molecule has 3 rings (SSSR count). The Morgan fingerprint density at radius 2 is 1.96 bits per heavy atom. The van der Waals surface area contributed by atoms with Crippen LogP contribution in [0.3, 0.4) is 0 Å². The van der Waals surface area contributed by atoms with Crippen LogP contribution in [0.15, 0.2) is 63.9 Å². The Balaban J connectivity index is 1.67. The number of H-pyrrole nitrogens is 1. The zero-order valence-electron chi connectivity index (χ0n) is 14.0. The summed E-state index contributed by atoms with van der Waals surface area (Å²) < 4.78 is 6.39. The Labute approximate surface area is 158 Å². The van der Waals surface area contributed by atoms with E-state index in [-0.39, 0.29) is 18.1 Å². The Kier molecular flexibility index (Phi) is 5.48. The van der Waals surface area contributed by atoms with Crippen LogP contribution in [0.1, 0.15) is 5.69 Å². The van der Waals surface area contributed by atoms with Crippen molar-refractivity contribution in [1.29, 1.82) is 0 Å². The molecule has 0 aliphatic carbocycles. The number of amides is 1. The number of ether oxygens (including phenoxy) is 1. The van der Waals surface area contributed by atoms with E-state index in [1.807, 2.05) is 18.2 Å². The predicted molar refractivity (Wildman–Crippen MR) is 103 cm³/mol. The molecule has 0 radical (unpaired) electrons. The number of aromatic amines is 1. The second kappa shape index (κ2) is 7.97.